The van der Waals surface area contributed by atoms with E-state index in [0.717, 1.165) is 37.4 Å². The van der Waals surface area contributed by atoms with Crippen molar-refractivity contribution in [2.75, 3.05) is 26.2 Å². The van der Waals surface area contributed by atoms with Gasteiger partial charge in [0, 0.05) is 18.5 Å². The molecule has 0 aliphatic carbocycles. The van der Waals surface area contributed by atoms with Crippen LogP contribution in [0, 0.1) is 0 Å². The molecule has 1 N–H and O–H groups in total. The first-order valence-corrected chi connectivity index (χ1v) is 14.0. The van der Waals surface area contributed by atoms with Gasteiger partial charge in [-0.25, -0.2) is 0 Å². The molecule has 40 heavy (non-hydrogen) atoms. The first-order chi connectivity index (χ1) is 19.4. The average molecular weight is 541 g/mol. The second kappa shape index (κ2) is 12.0. The number of benzene rings is 3. The third-order valence-electron chi connectivity index (χ3n) is 7.63. The van der Waals surface area contributed by atoms with Crippen LogP contribution in [0.4, 0.5) is 0 Å². The molecule has 1 fully saturated rings. The number of para-hydroxylation sites is 1. The molecule has 5 rings (SSSR count). The van der Waals surface area contributed by atoms with Gasteiger partial charge in [0.2, 0.25) is 0 Å². The Morgan fingerprint density at radius 3 is 2.50 bits per heavy atom. The lowest BCUT2D eigenvalue weighted by atomic mass is 9.94. The maximum Gasteiger partial charge on any atom is 0.295 e. The monoisotopic (exact) mass is 540 g/mol. The maximum atomic E-state index is 13.5. The largest absolute Gasteiger partial charge is 0.507 e. The van der Waals surface area contributed by atoms with Gasteiger partial charge in [0.25, 0.3) is 11.7 Å². The van der Waals surface area contributed by atoms with Crippen LogP contribution < -0.4 is 9.47 Å². The second-order valence-electron chi connectivity index (χ2n) is 10.3. The molecule has 7 heteroatoms. The van der Waals surface area contributed by atoms with Crippen molar-refractivity contribution in [2.24, 2.45) is 0 Å². The minimum absolute atomic E-state index is 0.0520. The summed E-state index contributed by atoms with van der Waals surface area (Å²) in [4.78, 5) is 30.8. The highest BCUT2D eigenvalue weighted by atomic mass is 16.5. The van der Waals surface area contributed by atoms with Crippen molar-refractivity contribution in [3.63, 3.8) is 0 Å². The second-order valence-corrected chi connectivity index (χ2v) is 10.3. The number of aliphatic hydroxyl groups excluding tert-OH is 1. The van der Waals surface area contributed by atoms with Gasteiger partial charge in [0.05, 0.1) is 11.6 Å². The molecular weight excluding hydrogens is 504 g/mol. The third kappa shape index (κ3) is 5.61. The van der Waals surface area contributed by atoms with Gasteiger partial charge in [-0.15, -0.1) is 0 Å². The molecule has 3 aromatic rings. The van der Waals surface area contributed by atoms with Gasteiger partial charge in [-0.2, -0.15) is 0 Å². The number of nitrogens with zero attached hydrogens (tertiary/aromatic N) is 2. The Morgan fingerprint density at radius 2 is 1.75 bits per heavy atom. The van der Waals surface area contributed by atoms with Crippen molar-refractivity contribution < 1.29 is 24.2 Å². The van der Waals surface area contributed by atoms with Gasteiger partial charge in [0.1, 0.15) is 29.1 Å². The number of hydrogen-bond donors (Lipinski definition) is 1. The molecule has 3 aromatic carbocycles. The summed E-state index contributed by atoms with van der Waals surface area (Å²) in [6, 6.07) is 21.5. The van der Waals surface area contributed by atoms with E-state index in [-0.39, 0.29) is 17.4 Å². The van der Waals surface area contributed by atoms with E-state index in [4.69, 9.17) is 9.47 Å². The average Bonchev–Trinajstić information content (AvgIpc) is 3.46. The Hall–Kier alpha value is -4.10. The van der Waals surface area contributed by atoms with E-state index in [0.29, 0.717) is 35.6 Å². The van der Waals surface area contributed by atoms with Crippen molar-refractivity contribution in [2.45, 2.75) is 45.8 Å². The number of Topliss-reactive ketones (excluding diaryl/α,β-unsaturated/α-hetero) is 1. The molecule has 2 atom stereocenters. The zero-order valence-electron chi connectivity index (χ0n) is 23.3. The molecule has 0 unspecified atom stereocenters. The summed E-state index contributed by atoms with van der Waals surface area (Å²) in [6.45, 7) is 9.24. The molecule has 0 spiro atoms. The highest BCUT2D eigenvalue weighted by molar-refractivity contribution is 6.46. The summed E-state index contributed by atoms with van der Waals surface area (Å²) in [6.07, 6.45) is 1.48. The van der Waals surface area contributed by atoms with E-state index in [1.165, 1.54) is 0 Å². The van der Waals surface area contributed by atoms with Crippen LogP contribution in [-0.4, -0.2) is 58.9 Å². The molecule has 0 aromatic heterocycles. The molecule has 2 aliphatic heterocycles. The molecule has 0 bridgehead atoms. The topological polar surface area (TPSA) is 79.3 Å². The molecular formula is C33H36N2O5. The number of ketones is 1. The van der Waals surface area contributed by atoms with Gasteiger partial charge >= 0.3 is 0 Å². The smallest absolute Gasteiger partial charge is 0.295 e. The Labute approximate surface area is 235 Å². The van der Waals surface area contributed by atoms with Crippen molar-refractivity contribution >= 4 is 17.4 Å². The number of carbonyl (C=O) groups is 2. The predicted octanol–water partition coefficient (Wildman–Crippen LogP) is 5.96. The van der Waals surface area contributed by atoms with Crippen LogP contribution in [0.25, 0.3) is 5.76 Å². The fourth-order valence-corrected chi connectivity index (χ4v) is 5.56. The Morgan fingerprint density at radius 1 is 1.00 bits per heavy atom. The van der Waals surface area contributed by atoms with Crippen molar-refractivity contribution in [1.82, 2.24) is 9.80 Å². The molecule has 0 saturated carbocycles. The lowest BCUT2D eigenvalue weighted by Gasteiger charge is -2.27. The summed E-state index contributed by atoms with van der Waals surface area (Å²) in [5.41, 5.74) is 2.27. The molecule has 7 nitrogen and oxygen atoms in total. The fourth-order valence-electron chi connectivity index (χ4n) is 5.56. The van der Waals surface area contributed by atoms with E-state index in [9.17, 15) is 14.7 Å². The van der Waals surface area contributed by atoms with E-state index < -0.39 is 17.7 Å². The van der Waals surface area contributed by atoms with Gasteiger partial charge in [-0.05, 0) is 86.6 Å². The molecule has 2 heterocycles. The summed E-state index contributed by atoms with van der Waals surface area (Å²) in [5.74, 6) is 0.599. The Balaban J connectivity index is 1.54. The molecule has 0 radical (unpaired) electrons. The summed E-state index contributed by atoms with van der Waals surface area (Å²) < 4.78 is 11.9. The molecule has 2 aliphatic rings. The van der Waals surface area contributed by atoms with Crippen LogP contribution in [0.15, 0.2) is 78.4 Å². The van der Waals surface area contributed by atoms with E-state index in [1.54, 1.807) is 11.0 Å². The highest BCUT2D eigenvalue weighted by Gasteiger charge is 2.46. The van der Waals surface area contributed by atoms with E-state index in [1.807, 2.05) is 73.7 Å². The Bertz CT molecular complexity index is 1410. The number of fused-ring (bicyclic) bond motifs is 1. The number of carbonyl (C=O) groups excluding carboxylic acids is 2. The quantitative estimate of drug-likeness (QED) is 0.194. The number of hydrogen-bond acceptors (Lipinski definition) is 6. The van der Waals surface area contributed by atoms with Gasteiger partial charge in [0.15, 0.2) is 0 Å². The van der Waals surface area contributed by atoms with Gasteiger partial charge in [-0.1, -0.05) is 44.2 Å². The predicted molar refractivity (Wildman–Crippen MR) is 155 cm³/mol. The molecule has 1 saturated heterocycles. The van der Waals surface area contributed by atoms with E-state index in [2.05, 4.69) is 18.7 Å². The molecule has 1 amide bonds. The standard InChI is InChI=1S/C33H36N2O5/c1-4-34(5-2)17-10-18-35-30(23-11-9-14-27(21-23)40-26-12-7-6-8-13-26)29(32(37)33(35)38)31(36)24-15-16-28-25(20-24)19-22(3)39-28/h6-9,11-16,20-22,30,36H,4-5,10,17-19H2,1-3H3/t22-,30+/m1/s1. The van der Waals surface area contributed by atoms with Crippen molar-refractivity contribution in [3.05, 3.63) is 95.1 Å². The minimum Gasteiger partial charge on any atom is -0.507 e. The summed E-state index contributed by atoms with van der Waals surface area (Å²) >= 11 is 0. The number of likely N-dealkylation sites (tertiary alicyclic amines) is 1. The number of ether oxygens (including phenoxy) is 2. The lowest BCUT2D eigenvalue weighted by Crippen LogP contribution is -2.33. The zero-order valence-corrected chi connectivity index (χ0v) is 23.3. The minimum atomic E-state index is -0.737. The van der Waals surface area contributed by atoms with Crippen LogP contribution in [0.5, 0.6) is 17.2 Å². The SMILES string of the molecule is CCN(CC)CCCN1C(=O)C(=O)C(=C(O)c2ccc3c(c2)C[C@@H](C)O3)[C@@H]1c1cccc(Oc2ccccc2)c1. The normalized spacial score (nSPS) is 19.6. The van der Waals surface area contributed by atoms with Crippen LogP contribution in [0.2, 0.25) is 0 Å². The maximum absolute atomic E-state index is 13.5. The van der Waals surface area contributed by atoms with E-state index >= 15 is 0 Å². The van der Waals surface area contributed by atoms with Crippen molar-refractivity contribution in [1.29, 1.82) is 0 Å². The van der Waals surface area contributed by atoms with Gasteiger partial charge < -0.3 is 24.4 Å². The van der Waals surface area contributed by atoms with Crippen LogP contribution in [-0.2, 0) is 16.0 Å². The van der Waals surface area contributed by atoms with Crippen LogP contribution in [0.1, 0.15) is 49.9 Å². The summed E-state index contributed by atoms with van der Waals surface area (Å²) in [5, 5.41) is 11.5. The fraction of sp³-hybridized carbons (Fsp3) is 0.333. The number of rotatable bonds is 10. The zero-order chi connectivity index (χ0) is 28.2. The third-order valence-corrected chi connectivity index (χ3v) is 7.63. The first-order valence-electron chi connectivity index (χ1n) is 14.0. The highest BCUT2D eigenvalue weighted by Crippen LogP contribution is 2.41. The first kappa shape index (κ1) is 27.5. The van der Waals surface area contributed by atoms with Crippen molar-refractivity contribution in [3.8, 4) is 17.2 Å². The lowest BCUT2D eigenvalue weighted by molar-refractivity contribution is -0.140. The Kier molecular flexibility index (Phi) is 8.21. The number of amides is 1. The molecule has 208 valence electrons. The number of aliphatic hydroxyl groups is 1. The van der Waals surface area contributed by atoms with Gasteiger partial charge in [-0.3, -0.25) is 9.59 Å². The van der Waals surface area contributed by atoms with Crippen LogP contribution in [0.3, 0.4) is 0 Å². The summed E-state index contributed by atoms with van der Waals surface area (Å²) in [7, 11) is 0. The van der Waals surface area contributed by atoms with Crippen LogP contribution >= 0.6 is 0 Å².